The molecule has 1 saturated heterocycles. The molecule has 0 bridgehead atoms. The second kappa shape index (κ2) is 6.51. The highest BCUT2D eigenvalue weighted by Crippen LogP contribution is 2.28. The number of ether oxygens (including phenoxy) is 1. The van der Waals surface area contributed by atoms with Gasteiger partial charge >= 0.3 is 5.63 Å². The Balaban J connectivity index is 1.70. The van der Waals surface area contributed by atoms with Gasteiger partial charge in [0, 0.05) is 23.1 Å². The Labute approximate surface area is 144 Å². The maximum absolute atomic E-state index is 12.0. The molecular weight excluding hydrogens is 346 g/mol. The van der Waals surface area contributed by atoms with E-state index in [-0.39, 0.29) is 30.1 Å². The summed E-state index contributed by atoms with van der Waals surface area (Å²) < 4.78 is 33.6. The topological polar surface area (TPSA) is 103 Å². The zero-order valence-corrected chi connectivity index (χ0v) is 14.8. The van der Waals surface area contributed by atoms with Gasteiger partial charge in [0.05, 0.1) is 11.5 Å². The van der Waals surface area contributed by atoms with Gasteiger partial charge in [-0.3, -0.25) is 4.79 Å². The molecule has 1 N–H and O–H groups in total. The SMILES string of the molecule is Cc1cc(=O)oc2c(C)c(OCC(=O)N[C@@H]3CCS(=O)(=O)C3)ccc12. The molecule has 0 saturated carbocycles. The largest absolute Gasteiger partial charge is 0.483 e. The smallest absolute Gasteiger partial charge is 0.336 e. The summed E-state index contributed by atoms with van der Waals surface area (Å²) in [7, 11) is -3.04. The van der Waals surface area contributed by atoms with Gasteiger partial charge in [0.25, 0.3) is 5.91 Å². The zero-order chi connectivity index (χ0) is 18.2. The van der Waals surface area contributed by atoms with Crippen molar-refractivity contribution in [2.45, 2.75) is 26.3 Å². The van der Waals surface area contributed by atoms with Crippen molar-refractivity contribution in [2.24, 2.45) is 0 Å². The molecule has 1 amide bonds. The van der Waals surface area contributed by atoms with Gasteiger partial charge in [-0.25, -0.2) is 13.2 Å². The standard InChI is InChI=1S/C17H19NO6S/c1-10-7-16(20)24-17-11(2)14(4-3-13(10)17)23-8-15(19)18-12-5-6-25(21,22)9-12/h3-4,7,12H,5-6,8-9H2,1-2H3,(H,18,19)/t12-/m1/s1. The van der Waals surface area contributed by atoms with Crippen molar-refractivity contribution >= 4 is 26.7 Å². The van der Waals surface area contributed by atoms with Crippen molar-refractivity contribution in [3.05, 3.63) is 39.7 Å². The van der Waals surface area contributed by atoms with E-state index in [1.54, 1.807) is 19.1 Å². The average molecular weight is 365 g/mol. The molecule has 3 rings (SSSR count). The molecule has 1 aliphatic heterocycles. The highest BCUT2D eigenvalue weighted by atomic mass is 32.2. The van der Waals surface area contributed by atoms with Crippen LogP contribution in [-0.4, -0.2) is 38.5 Å². The lowest BCUT2D eigenvalue weighted by Gasteiger charge is -2.13. The van der Waals surface area contributed by atoms with Crippen molar-refractivity contribution in [1.29, 1.82) is 0 Å². The number of nitrogens with one attached hydrogen (secondary N) is 1. The number of rotatable bonds is 4. The molecule has 7 nitrogen and oxygen atoms in total. The summed E-state index contributed by atoms with van der Waals surface area (Å²) in [4.78, 5) is 23.5. The van der Waals surface area contributed by atoms with Crippen LogP contribution in [0.15, 0.2) is 27.4 Å². The van der Waals surface area contributed by atoms with Crippen LogP contribution in [0.25, 0.3) is 11.0 Å². The highest BCUT2D eigenvalue weighted by Gasteiger charge is 2.28. The van der Waals surface area contributed by atoms with Gasteiger partial charge in [-0.15, -0.1) is 0 Å². The molecule has 1 aliphatic rings. The minimum absolute atomic E-state index is 0.0296. The predicted molar refractivity (Wildman–Crippen MR) is 92.7 cm³/mol. The van der Waals surface area contributed by atoms with Crippen molar-refractivity contribution in [1.82, 2.24) is 5.32 Å². The van der Waals surface area contributed by atoms with E-state index in [1.807, 2.05) is 6.92 Å². The van der Waals surface area contributed by atoms with Gasteiger partial charge in [0.2, 0.25) is 0 Å². The molecule has 1 aromatic carbocycles. The molecule has 2 heterocycles. The summed E-state index contributed by atoms with van der Waals surface area (Å²) in [6.07, 6.45) is 0.424. The summed E-state index contributed by atoms with van der Waals surface area (Å²) in [6, 6.07) is 4.56. The molecule has 134 valence electrons. The maximum Gasteiger partial charge on any atom is 0.336 e. The second-order valence-electron chi connectivity index (χ2n) is 6.27. The lowest BCUT2D eigenvalue weighted by Crippen LogP contribution is -2.38. The Morgan fingerprint density at radius 2 is 2.12 bits per heavy atom. The molecule has 25 heavy (non-hydrogen) atoms. The first kappa shape index (κ1) is 17.5. The number of carbonyl (C=O) groups is 1. The van der Waals surface area contributed by atoms with E-state index < -0.39 is 15.5 Å². The predicted octanol–water partition coefficient (Wildman–Crippen LogP) is 1.09. The maximum atomic E-state index is 12.0. The van der Waals surface area contributed by atoms with E-state index in [1.165, 1.54) is 6.07 Å². The number of amides is 1. The van der Waals surface area contributed by atoms with Gasteiger partial charge in [-0.2, -0.15) is 0 Å². The third kappa shape index (κ3) is 3.84. The summed E-state index contributed by atoms with van der Waals surface area (Å²) in [5, 5.41) is 3.47. The van der Waals surface area contributed by atoms with E-state index in [4.69, 9.17) is 9.15 Å². The third-order valence-electron chi connectivity index (χ3n) is 4.27. The molecule has 0 unspecified atom stereocenters. The van der Waals surface area contributed by atoms with Crippen LogP contribution in [0.4, 0.5) is 0 Å². The fourth-order valence-corrected chi connectivity index (χ4v) is 4.65. The number of fused-ring (bicyclic) bond motifs is 1. The van der Waals surface area contributed by atoms with Crippen molar-refractivity contribution in [3.8, 4) is 5.75 Å². The third-order valence-corrected chi connectivity index (χ3v) is 6.04. The van der Waals surface area contributed by atoms with E-state index in [0.29, 0.717) is 23.3 Å². The molecule has 1 aromatic heterocycles. The number of aryl methyl sites for hydroxylation is 2. The zero-order valence-electron chi connectivity index (χ0n) is 14.0. The average Bonchev–Trinajstić information content (AvgIpc) is 2.86. The second-order valence-corrected chi connectivity index (χ2v) is 8.50. The van der Waals surface area contributed by atoms with Crippen LogP contribution in [-0.2, 0) is 14.6 Å². The summed E-state index contributed by atoms with van der Waals surface area (Å²) in [5.74, 6) is 0.127. The minimum atomic E-state index is -3.04. The normalized spacial score (nSPS) is 19.0. The van der Waals surface area contributed by atoms with Crippen LogP contribution in [0.2, 0.25) is 0 Å². The Morgan fingerprint density at radius 3 is 2.80 bits per heavy atom. The first-order chi connectivity index (χ1) is 11.7. The number of benzene rings is 1. The lowest BCUT2D eigenvalue weighted by molar-refractivity contribution is -0.123. The van der Waals surface area contributed by atoms with E-state index in [2.05, 4.69) is 5.32 Å². The molecule has 8 heteroatoms. The Bertz CT molecular complexity index is 992. The van der Waals surface area contributed by atoms with Crippen LogP contribution >= 0.6 is 0 Å². The minimum Gasteiger partial charge on any atom is -0.483 e. The summed E-state index contributed by atoms with van der Waals surface area (Å²) in [5.41, 5.74) is 1.44. The highest BCUT2D eigenvalue weighted by molar-refractivity contribution is 7.91. The fourth-order valence-electron chi connectivity index (χ4n) is 2.98. The Hall–Kier alpha value is -2.35. The molecule has 0 radical (unpaired) electrons. The van der Waals surface area contributed by atoms with E-state index in [0.717, 1.165) is 10.9 Å². The first-order valence-electron chi connectivity index (χ1n) is 7.92. The molecule has 2 aromatic rings. The lowest BCUT2D eigenvalue weighted by atomic mass is 10.1. The summed E-state index contributed by atoms with van der Waals surface area (Å²) in [6.45, 7) is 3.34. The molecule has 0 aliphatic carbocycles. The van der Waals surface area contributed by atoms with Crippen molar-refractivity contribution in [3.63, 3.8) is 0 Å². The van der Waals surface area contributed by atoms with Crippen molar-refractivity contribution in [2.75, 3.05) is 18.1 Å². The number of hydrogen-bond acceptors (Lipinski definition) is 6. The first-order valence-corrected chi connectivity index (χ1v) is 9.74. The number of sulfone groups is 1. The van der Waals surface area contributed by atoms with Crippen LogP contribution in [0.1, 0.15) is 17.5 Å². The van der Waals surface area contributed by atoms with Crippen LogP contribution < -0.4 is 15.7 Å². The molecule has 0 spiro atoms. The van der Waals surface area contributed by atoms with Crippen LogP contribution in [0.3, 0.4) is 0 Å². The van der Waals surface area contributed by atoms with Crippen molar-refractivity contribution < 1.29 is 22.4 Å². The monoisotopic (exact) mass is 365 g/mol. The van der Waals surface area contributed by atoms with E-state index in [9.17, 15) is 18.0 Å². The molecule has 1 atom stereocenters. The number of hydrogen-bond donors (Lipinski definition) is 1. The Kier molecular flexibility index (Phi) is 4.55. The van der Waals surface area contributed by atoms with Gasteiger partial charge in [-0.05, 0) is 38.0 Å². The summed E-state index contributed by atoms with van der Waals surface area (Å²) >= 11 is 0. The van der Waals surface area contributed by atoms with Crippen LogP contribution in [0, 0.1) is 13.8 Å². The van der Waals surface area contributed by atoms with Gasteiger partial charge in [0.15, 0.2) is 16.4 Å². The van der Waals surface area contributed by atoms with Gasteiger partial charge in [-0.1, -0.05) is 0 Å². The number of carbonyl (C=O) groups excluding carboxylic acids is 1. The van der Waals surface area contributed by atoms with E-state index >= 15 is 0 Å². The molecular formula is C17H19NO6S. The quantitative estimate of drug-likeness (QED) is 0.814. The van der Waals surface area contributed by atoms with Gasteiger partial charge < -0.3 is 14.5 Å². The van der Waals surface area contributed by atoms with Crippen LogP contribution in [0.5, 0.6) is 5.75 Å². The Morgan fingerprint density at radius 1 is 1.36 bits per heavy atom. The fraction of sp³-hybridized carbons (Fsp3) is 0.412. The molecule has 1 fully saturated rings. The van der Waals surface area contributed by atoms with Gasteiger partial charge in [0.1, 0.15) is 11.3 Å².